The summed E-state index contributed by atoms with van der Waals surface area (Å²) < 4.78 is 11.1. The van der Waals surface area contributed by atoms with E-state index in [1.807, 2.05) is 24.4 Å². The summed E-state index contributed by atoms with van der Waals surface area (Å²) in [5, 5.41) is 0. The van der Waals surface area contributed by atoms with Crippen molar-refractivity contribution in [1.29, 1.82) is 0 Å². The van der Waals surface area contributed by atoms with Crippen LogP contribution in [0.15, 0.2) is 24.4 Å². The molecular formula is C15H19N3O2. The standard InChI is InChI=1S/C15H19N3O2/c1-10(4-5-16)15-17-9-12(18-15)11-2-3-13-14(8-11)20-7-6-19-13/h2-3,8-10H,4-7,16H2,1H3,(H,17,18). The second-order valence-corrected chi connectivity index (χ2v) is 5.02. The van der Waals surface area contributed by atoms with Gasteiger partial charge in [0.15, 0.2) is 11.5 Å². The third kappa shape index (κ3) is 2.49. The van der Waals surface area contributed by atoms with Crippen LogP contribution in [0, 0.1) is 0 Å². The lowest BCUT2D eigenvalue weighted by Gasteiger charge is -2.18. The van der Waals surface area contributed by atoms with Crippen LogP contribution in [0.25, 0.3) is 11.3 Å². The molecule has 0 saturated heterocycles. The molecule has 5 nitrogen and oxygen atoms in total. The van der Waals surface area contributed by atoms with E-state index < -0.39 is 0 Å². The Hall–Kier alpha value is -2.01. The highest BCUT2D eigenvalue weighted by atomic mass is 16.6. The van der Waals surface area contributed by atoms with Crippen molar-refractivity contribution in [3.8, 4) is 22.8 Å². The van der Waals surface area contributed by atoms with Gasteiger partial charge in [-0.1, -0.05) is 6.92 Å². The van der Waals surface area contributed by atoms with Crippen LogP contribution in [0.3, 0.4) is 0 Å². The van der Waals surface area contributed by atoms with Crippen LogP contribution in [-0.2, 0) is 0 Å². The van der Waals surface area contributed by atoms with Gasteiger partial charge in [-0.15, -0.1) is 0 Å². The molecule has 106 valence electrons. The van der Waals surface area contributed by atoms with Crippen molar-refractivity contribution in [2.45, 2.75) is 19.3 Å². The van der Waals surface area contributed by atoms with Gasteiger partial charge < -0.3 is 20.2 Å². The van der Waals surface area contributed by atoms with Crippen LogP contribution in [0.4, 0.5) is 0 Å². The highest BCUT2D eigenvalue weighted by Gasteiger charge is 2.14. The fourth-order valence-corrected chi connectivity index (χ4v) is 2.33. The van der Waals surface area contributed by atoms with Crippen LogP contribution in [0.2, 0.25) is 0 Å². The predicted octanol–water partition coefficient (Wildman–Crippen LogP) is 2.30. The van der Waals surface area contributed by atoms with Crippen LogP contribution in [-0.4, -0.2) is 29.7 Å². The van der Waals surface area contributed by atoms with Crippen LogP contribution < -0.4 is 15.2 Å². The van der Waals surface area contributed by atoms with Crippen molar-refractivity contribution in [2.24, 2.45) is 5.73 Å². The average Bonchev–Trinajstić information content (AvgIpc) is 2.97. The molecule has 0 bridgehead atoms. The van der Waals surface area contributed by atoms with E-state index in [-0.39, 0.29) is 0 Å². The van der Waals surface area contributed by atoms with E-state index in [2.05, 4.69) is 16.9 Å². The Kier molecular flexibility index (Phi) is 3.60. The topological polar surface area (TPSA) is 73.2 Å². The number of nitrogens with zero attached hydrogens (tertiary/aromatic N) is 1. The highest BCUT2D eigenvalue weighted by Crippen LogP contribution is 2.34. The van der Waals surface area contributed by atoms with Crippen LogP contribution in [0.1, 0.15) is 25.1 Å². The molecule has 1 aromatic carbocycles. The molecule has 1 aliphatic heterocycles. The first-order valence-electron chi connectivity index (χ1n) is 6.93. The highest BCUT2D eigenvalue weighted by molar-refractivity contribution is 5.63. The van der Waals surface area contributed by atoms with Crippen molar-refractivity contribution < 1.29 is 9.47 Å². The summed E-state index contributed by atoms with van der Waals surface area (Å²) in [7, 11) is 0. The zero-order valence-corrected chi connectivity index (χ0v) is 11.6. The van der Waals surface area contributed by atoms with Crippen molar-refractivity contribution >= 4 is 0 Å². The molecule has 2 aromatic rings. The Bertz CT molecular complexity index is 595. The number of nitrogens with one attached hydrogen (secondary N) is 1. The lowest BCUT2D eigenvalue weighted by Crippen LogP contribution is -2.15. The van der Waals surface area contributed by atoms with Crippen LogP contribution in [0.5, 0.6) is 11.5 Å². The maximum atomic E-state index is 5.60. The SMILES string of the molecule is CC(CCN)c1ncc(-c2ccc3c(c2)OCCO3)[nH]1. The number of aromatic amines is 1. The Balaban J connectivity index is 1.86. The first-order valence-corrected chi connectivity index (χ1v) is 6.93. The molecule has 3 N–H and O–H groups in total. The van der Waals surface area contributed by atoms with Crippen molar-refractivity contribution in [3.63, 3.8) is 0 Å². The van der Waals surface area contributed by atoms with E-state index in [4.69, 9.17) is 15.2 Å². The number of fused-ring (bicyclic) bond motifs is 1. The first kappa shape index (κ1) is 13.0. The maximum Gasteiger partial charge on any atom is 0.162 e. The van der Waals surface area contributed by atoms with Gasteiger partial charge in [0.25, 0.3) is 0 Å². The normalized spacial score (nSPS) is 15.1. The molecule has 0 aliphatic carbocycles. The van der Waals surface area contributed by atoms with Gasteiger partial charge in [0.1, 0.15) is 19.0 Å². The number of imidazole rings is 1. The summed E-state index contributed by atoms with van der Waals surface area (Å²) in [6.45, 7) is 4.00. The van der Waals surface area contributed by atoms with Gasteiger partial charge in [-0.2, -0.15) is 0 Å². The molecule has 20 heavy (non-hydrogen) atoms. The van der Waals surface area contributed by atoms with Crippen molar-refractivity contribution in [1.82, 2.24) is 9.97 Å². The summed E-state index contributed by atoms with van der Waals surface area (Å²) in [5.74, 6) is 2.91. The fourth-order valence-electron chi connectivity index (χ4n) is 2.33. The number of benzene rings is 1. The van der Waals surface area contributed by atoms with Crippen molar-refractivity contribution in [2.75, 3.05) is 19.8 Å². The van der Waals surface area contributed by atoms with Gasteiger partial charge in [0, 0.05) is 11.5 Å². The van der Waals surface area contributed by atoms with Gasteiger partial charge >= 0.3 is 0 Å². The number of nitrogens with two attached hydrogens (primary N) is 1. The third-order valence-corrected chi connectivity index (χ3v) is 3.52. The molecule has 1 atom stereocenters. The lowest BCUT2D eigenvalue weighted by atomic mass is 10.1. The van der Waals surface area contributed by atoms with Gasteiger partial charge in [-0.25, -0.2) is 4.98 Å². The second kappa shape index (κ2) is 5.54. The molecule has 1 aliphatic rings. The molecular weight excluding hydrogens is 254 g/mol. The minimum Gasteiger partial charge on any atom is -0.486 e. The summed E-state index contributed by atoms with van der Waals surface area (Å²) in [6, 6.07) is 5.94. The number of aromatic nitrogens is 2. The minimum atomic E-state index is 0.339. The predicted molar refractivity (Wildman–Crippen MR) is 77.1 cm³/mol. The van der Waals surface area contributed by atoms with E-state index in [0.717, 1.165) is 35.0 Å². The van der Waals surface area contributed by atoms with Gasteiger partial charge in [-0.3, -0.25) is 0 Å². The zero-order valence-electron chi connectivity index (χ0n) is 11.6. The molecule has 0 fully saturated rings. The number of hydrogen-bond acceptors (Lipinski definition) is 4. The number of rotatable bonds is 4. The summed E-state index contributed by atoms with van der Waals surface area (Å²) in [4.78, 5) is 7.80. The largest absolute Gasteiger partial charge is 0.486 e. The lowest BCUT2D eigenvalue weighted by molar-refractivity contribution is 0.171. The molecule has 0 spiro atoms. The molecule has 0 saturated carbocycles. The first-order chi connectivity index (χ1) is 9.78. The minimum absolute atomic E-state index is 0.339. The second-order valence-electron chi connectivity index (χ2n) is 5.02. The molecule has 1 aromatic heterocycles. The smallest absolute Gasteiger partial charge is 0.162 e. The summed E-state index contributed by atoms with van der Waals surface area (Å²) >= 11 is 0. The summed E-state index contributed by atoms with van der Waals surface area (Å²) in [6.07, 6.45) is 2.78. The van der Waals surface area contributed by atoms with E-state index in [9.17, 15) is 0 Å². The van der Waals surface area contributed by atoms with E-state index in [1.165, 1.54) is 0 Å². The van der Waals surface area contributed by atoms with E-state index in [0.29, 0.717) is 25.7 Å². The van der Waals surface area contributed by atoms with Gasteiger partial charge in [0.2, 0.25) is 0 Å². The van der Waals surface area contributed by atoms with E-state index in [1.54, 1.807) is 0 Å². The Labute approximate surface area is 118 Å². The quantitative estimate of drug-likeness (QED) is 0.896. The molecule has 0 radical (unpaired) electrons. The molecule has 2 heterocycles. The van der Waals surface area contributed by atoms with Crippen LogP contribution >= 0.6 is 0 Å². The maximum absolute atomic E-state index is 5.60. The van der Waals surface area contributed by atoms with E-state index >= 15 is 0 Å². The number of hydrogen-bond donors (Lipinski definition) is 2. The Morgan fingerprint density at radius 3 is 2.90 bits per heavy atom. The Morgan fingerprint density at radius 2 is 2.10 bits per heavy atom. The summed E-state index contributed by atoms with van der Waals surface area (Å²) in [5.41, 5.74) is 7.62. The van der Waals surface area contributed by atoms with Crippen molar-refractivity contribution in [3.05, 3.63) is 30.2 Å². The zero-order chi connectivity index (χ0) is 13.9. The van der Waals surface area contributed by atoms with Gasteiger partial charge in [-0.05, 0) is 31.2 Å². The molecule has 3 rings (SSSR count). The molecule has 0 amide bonds. The average molecular weight is 273 g/mol. The fraction of sp³-hybridized carbons (Fsp3) is 0.400. The monoisotopic (exact) mass is 273 g/mol. The number of ether oxygens (including phenoxy) is 2. The number of H-pyrrole nitrogens is 1. The Morgan fingerprint density at radius 1 is 1.30 bits per heavy atom. The third-order valence-electron chi connectivity index (χ3n) is 3.52. The molecule has 1 unspecified atom stereocenters. The van der Waals surface area contributed by atoms with Gasteiger partial charge in [0.05, 0.1) is 11.9 Å². The molecule has 5 heteroatoms.